The molecule has 0 aliphatic carbocycles. The topological polar surface area (TPSA) is 72.5 Å². The van der Waals surface area contributed by atoms with E-state index in [4.69, 9.17) is 9.47 Å². The average Bonchev–Trinajstić information content (AvgIpc) is 3.37. The molecule has 9 rings (SSSR count). The first kappa shape index (κ1) is 42.5. The van der Waals surface area contributed by atoms with Gasteiger partial charge in [-0.1, -0.05) is 109 Å². The fraction of sp³-hybridized carbons (Fsp3) is 0.0667. The van der Waals surface area contributed by atoms with Crippen LogP contribution in [0.4, 0.5) is 34.1 Å². The number of para-hydroxylation sites is 2. The van der Waals surface area contributed by atoms with Crippen molar-refractivity contribution in [1.29, 1.82) is 10.5 Å². The van der Waals surface area contributed by atoms with Gasteiger partial charge in [0.05, 0.1) is 24.3 Å². The van der Waals surface area contributed by atoms with Crippen molar-refractivity contribution >= 4 is 80.0 Å². The van der Waals surface area contributed by atoms with E-state index in [1.807, 2.05) is 123 Å². The molecule has 0 unspecified atom stereocenters. The van der Waals surface area contributed by atoms with Gasteiger partial charge in [-0.05, 0) is 145 Å². The highest BCUT2D eigenvalue weighted by atomic mass is 16.5. The Balaban J connectivity index is 0.958. The molecule has 0 N–H and O–H groups in total. The predicted molar refractivity (Wildman–Crippen MR) is 273 cm³/mol. The number of benzene rings is 9. The zero-order valence-corrected chi connectivity index (χ0v) is 36.8. The zero-order valence-electron chi connectivity index (χ0n) is 36.8. The van der Waals surface area contributed by atoms with Gasteiger partial charge in [0, 0.05) is 55.7 Å². The molecule has 0 amide bonds. The molecule has 0 aliphatic rings. The van der Waals surface area contributed by atoms with Crippen molar-refractivity contribution in [2.24, 2.45) is 0 Å². The fourth-order valence-corrected chi connectivity index (χ4v) is 8.33. The molecule has 6 heteroatoms. The highest BCUT2D eigenvalue weighted by Gasteiger charge is 2.16. The molecule has 0 saturated carbocycles. The summed E-state index contributed by atoms with van der Waals surface area (Å²) in [6.07, 6.45) is 8.24. The van der Waals surface area contributed by atoms with E-state index in [0.29, 0.717) is 24.3 Å². The normalized spacial score (nSPS) is 11.2. The van der Waals surface area contributed by atoms with Crippen LogP contribution in [0.5, 0.6) is 11.5 Å². The smallest absolute Gasteiger partial charge is 0.119 e. The van der Waals surface area contributed by atoms with E-state index >= 15 is 0 Å². The summed E-state index contributed by atoms with van der Waals surface area (Å²) >= 11 is 0. The van der Waals surface area contributed by atoms with Crippen molar-refractivity contribution in [2.75, 3.05) is 23.0 Å². The molecule has 0 atom stereocenters. The monoisotopic (exact) mass is 854 g/mol. The summed E-state index contributed by atoms with van der Waals surface area (Å²) in [5.74, 6) is 1.68. The van der Waals surface area contributed by atoms with E-state index in [1.165, 1.54) is 0 Å². The van der Waals surface area contributed by atoms with Crippen molar-refractivity contribution in [2.45, 2.75) is 13.8 Å². The molecule has 0 heterocycles. The van der Waals surface area contributed by atoms with Crippen molar-refractivity contribution in [3.63, 3.8) is 0 Å². The fourth-order valence-electron chi connectivity index (χ4n) is 8.33. The van der Waals surface area contributed by atoms with Crippen molar-refractivity contribution in [3.05, 3.63) is 228 Å². The lowest BCUT2D eigenvalue weighted by Crippen LogP contribution is -2.09. The number of anilines is 6. The van der Waals surface area contributed by atoms with Gasteiger partial charge in [0.25, 0.3) is 0 Å². The van der Waals surface area contributed by atoms with Crippen LogP contribution in [0.3, 0.4) is 0 Å². The quantitative estimate of drug-likeness (QED) is 0.0801. The van der Waals surface area contributed by atoms with Gasteiger partial charge < -0.3 is 19.3 Å². The Bertz CT molecular complexity index is 3030. The van der Waals surface area contributed by atoms with Crippen LogP contribution in [0.25, 0.3) is 45.8 Å². The van der Waals surface area contributed by atoms with Crippen molar-refractivity contribution in [1.82, 2.24) is 0 Å². The van der Waals surface area contributed by atoms with E-state index in [1.54, 1.807) is 0 Å². The first-order valence-electron chi connectivity index (χ1n) is 22.1. The van der Waals surface area contributed by atoms with Crippen LogP contribution in [0.15, 0.2) is 194 Å². The van der Waals surface area contributed by atoms with E-state index in [9.17, 15) is 10.5 Å². The lowest BCUT2D eigenvalue weighted by atomic mass is 9.90. The minimum absolute atomic E-state index is 0.551. The minimum atomic E-state index is 0.551. The molecule has 9 aromatic carbocycles. The lowest BCUT2D eigenvalue weighted by Gasteiger charge is -2.25. The molecular weight excluding hydrogens is 809 g/mol. The van der Waals surface area contributed by atoms with Crippen LogP contribution >= 0.6 is 0 Å². The van der Waals surface area contributed by atoms with E-state index in [2.05, 4.69) is 131 Å². The van der Waals surface area contributed by atoms with Gasteiger partial charge in [0.1, 0.15) is 23.6 Å². The Morgan fingerprint density at radius 3 is 1.00 bits per heavy atom. The van der Waals surface area contributed by atoms with Crippen LogP contribution < -0.4 is 19.3 Å². The maximum absolute atomic E-state index is 10.5. The molecule has 0 fully saturated rings. The molecule has 0 bridgehead atoms. The molecule has 0 saturated heterocycles. The third-order valence-corrected chi connectivity index (χ3v) is 11.5. The summed E-state index contributed by atoms with van der Waals surface area (Å²) in [6.45, 7) is 5.21. The summed E-state index contributed by atoms with van der Waals surface area (Å²) in [6, 6.07) is 70.7. The third kappa shape index (κ3) is 9.13. The van der Waals surface area contributed by atoms with Gasteiger partial charge in [-0.25, -0.2) is 0 Å². The Hall–Kier alpha value is -8.84. The Morgan fingerprint density at radius 1 is 0.364 bits per heavy atom. The summed E-state index contributed by atoms with van der Waals surface area (Å²) < 4.78 is 11.4. The maximum Gasteiger partial charge on any atom is 0.119 e. The van der Waals surface area contributed by atoms with Crippen LogP contribution in [-0.2, 0) is 0 Å². The standard InChI is InChI=1S/C60H46N4O2/c1-3-65-53-33-29-51(30-34-53)63(47-11-7-5-8-12-47)49-25-19-43(20-26-49)15-17-45-23-37-55-57(39-45)59(41-61)56-38-24-46(40-58(56)60(55)42-62)18-16-44-21-27-50(28-22-44)64(48-13-9-6-10-14-48)52-31-35-54(36-32-52)66-4-2/h5-40H,3-4H2,1-2H3. The maximum atomic E-state index is 10.5. The van der Waals surface area contributed by atoms with Crippen LogP contribution in [-0.4, -0.2) is 13.2 Å². The highest BCUT2D eigenvalue weighted by Crippen LogP contribution is 2.38. The van der Waals surface area contributed by atoms with Crippen LogP contribution in [0.2, 0.25) is 0 Å². The third-order valence-electron chi connectivity index (χ3n) is 11.5. The summed E-state index contributed by atoms with van der Waals surface area (Å²) in [4.78, 5) is 4.44. The van der Waals surface area contributed by atoms with E-state index in [0.717, 1.165) is 89.4 Å². The largest absolute Gasteiger partial charge is 0.494 e. The first-order chi connectivity index (χ1) is 32.5. The second kappa shape index (κ2) is 19.7. The van der Waals surface area contributed by atoms with Gasteiger partial charge in [-0.15, -0.1) is 0 Å². The highest BCUT2D eigenvalue weighted by molar-refractivity contribution is 6.10. The second-order valence-electron chi connectivity index (χ2n) is 15.6. The second-order valence-corrected chi connectivity index (χ2v) is 15.6. The molecule has 6 nitrogen and oxygen atoms in total. The molecule has 0 spiro atoms. The zero-order chi connectivity index (χ0) is 45.2. The predicted octanol–water partition coefficient (Wildman–Crippen LogP) is 15.8. The molecule has 0 radical (unpaired) electrons. The first-order valence-corrected chi connectivity index (χ1v) is 22.1. The van der Waals surface area contributed by atoms with E-state index in [-0.39, 0.29) is 0 Å². The average molecular weight is 855 g/mol. The number of nitrogens with zero attached hydrogens (tertiary/aromatic N) is 4. The molecule has 318 valence electrons. The Morgan fingerprint density at radius 2 is 0.667 bits per heavy atom. The SMILES string of the molecule is CCOc1ccc(N(c2ccccc2)c2ccc(C=Cc3ccc4c(C#N)c5cc(C=Cc6ccc(N(c7ccccc7)c7ccc(OCC)cc7)cc6)ccc5c(C#N)c4c3)cc2)cc1. The summed E-state index contributed by atoms with van der Waals surface area (Å²) in [5.41, 5.74) is 11.3. The van der Waals surface area contributed by atoms with Crippen LogP contribution in [0, 0.1) is 22.7 Å². The Labute approximate surface area is 386 Å². The number of hydrogen-bond donors (Lipinski definition) is 0. The van der Waals surface area contributed by atoms with Gasteiger partial charge >= 0.3 is 0 Å². The van der Waals surface area contributed by atoms with Crippen molar-refractivity contribution < 1.29 is 9.47 Å². The number of nitriles is 2. The van der Waals surface area contributed by atoms with Gasteiger partial charge in [-0.3, -0.25) is 0 Å². The summed E-state index contributed by atoms with van der Waals surface area (Å²) in [5, 5.41) is 24.1. The molecule has 9 aromatic rings. The lowest BCUT2D eigenvalue weighted by molar-refractivity contribution is 0.340. The van der Waals surface area contributed by atoms with Gasteiger partial charge in [0.15, 0.2) is 0 Å². The van der Waals surface area contributed by atoms with E-state index < -0.39 is 0 Å². The number of rotatable bonds is 14. The molecule has 0 aromatic heterocycles. The number of ether oxygens (including phenoxy) is 2. The van der Waals surface area contributed by atoms with Gasteiger partial charge in [0.2, 0.25) is 0 Å². The number of hydrogen-bond acceptors (Lipinski definition) is 6. The number of fused-ring (bicyclic) bond motifs is 2. The molecule has 0 aliphatic heterocycles. The summed E-state index contributed by atoms with van der Waals surface area (Å²) in [7, 11) is 0. The minimum Gasteiger partial charge on any atom is -0.494 e. The van der Waals surface area contributed by atoms with Crippen molar-refractivity contribution in [3.8, 4) is 23.6 Å². The van der Waals surface area contributed by atoms with Gasteiger partial charge in [-0.2, -0.15) is 10.5 Å². The molecular formula is C60H46N4O2. The molecule has 66 heavy (non-hydrogen) atoms. The Kier molecular flexibility index (Phi) is 12.7. The van der Waals surface area contributed by atoms with Crippen LogP contribution in [0.1, 0.15) is 47.2 Å².